The van der Waals surface area contributed by atoms with Gasteiger partial charge in [-0.1, -0.05) is 135 Å². The third-order valence-electron chi connectivity index (χ3n) is 8.59. The number of hydrogen-bond acceptors (Lipinski definition) is 11. The second-order valence-corrected chi connectivity index (χ2v) is 14.9. The Morgan fingerprint density at radius 1 is 0.633 bits per heavy atom. The maximum Gasteiger partial charge on any atom is 0.397 e. The van der Waals surface area contributed by atoms with Gasteiger partial charge in [-0.05, 0) is 83.5 Å². The van der Waals surface area contributed by atoms with Crippen molar-refractivity contribution in [2.24, 2.45) is 0 Å². The van der Waals surface area contributed by atoms with Crippen molar-refractivity contribution in [2.75, 3.05) is 26.4 Å². The standard InChI is InChI=1S/C47H72O12S/c1-3-5-7-9-11-13-15-17-19-20-21-22-23-24-26-28-30-32-34-36-43(49)57-41(39-55-37-35-33-31-29-27-25-18-16-14-12-10-8-6-4-2)40-56-47-45(51)46(59-60(52,53)54)44(50)42(38-48)58-47/h5-8,11-14,17-19,21-22,24-26,29-32,41-42,44-48,50-51H,3-4,9-10,15-16,20,23,27-28,33-40H2,1-2H3,(H,52,53,54)/b7-5-,8-6-,13-11-,14-12-,19-17-,22-21-,25-18-,26-24-,31-29-,32-30-. The minimum absolute atomic E-state index is 0.0420. The van der Waals surface area contributed by atoms with Crippen LogP contribution < -0.4 is 0 Å². The third-order valence-corrected chi connectivity index (χ3v) is 9.06. The summed E-state index contributed by atoms with van der Waals surface area (Å²) >= 11 is 0. The SMILES string of the molecule is CC/C=C\C/C=C\C/C=C\C/C=C\C/C=C\C/C=C\CCC(=O)OC(COCCC/C=C\C/C=C\C/C=C\C/C=C\CC)COC1OC(CO)C(O)C(OS(=O)(=O)O)C1O. The molecule has 6 unspecified atom stereocenters. The van der Waals surface area contributed by atoms with Crippen LogP contribution in [-0.2, 0) is 38.3 Å². The van der Waals surface area contributed by atoms with Gasteiger partial charge in [0, 0.05) is 13.0 Å². The number of rotatable bonds is 34. The summed E-state index contributed by atoms with van der Waals surface area (Å²) in [6.07, 6.45) is 44.0. The van der Waals surface area contributed by atoms with Crippen molar-refractivity contribution in [3.63, 3.8) is 0 Å². The molecule has 0 aromatic carbocycles. The van der Waals surface area contributed by atoms with E-state index in [2.05, 4.69) is 127 Å². The Morgan fingerprint density at radius 3 is 1.50 bits per heavy atom. The van der Waals surface area contributed by atoms with Gasteiger partial charge in [0.2, 0.25) is 0 Å². The highest BCUT2D eigenvalue weighted by molar-refractivity contribution is 7.80. The summed E-state index contributed by atoms with van der Waals surface area (Å²) in [6.45, 7) is 3.47. The molecule has 1 aliphatic rings. The van der Waals surface area contributed by atoms with E-state index in [1.54, 1.807) is 0 Å². The number of unbranched alkanes of at least 4 members (excludes halogenated alkanes) is 1. The van der Waals surface area contributed by atoms with Gasteiger partial charge in [0.1, 0.15) is 30.5 Å². The van der Waals surface area contributed by atoms with Gasteiger partial charge in [0.15, 0.2) is 6.29 Å². The van der Waals surface area contributed by atoms with Crippen molar-refractivity contribution >= 4 is 16.4 Å². The molecule has 1 saturated heterocycles. The van der Waals surface area contributed by atoms with Crippen LogP contribution in [0.2, 0.25) is 0 Å². The molecule has 338 valence electrons. The first-order valence-corrected chi connectivity index (χ1v) is 22.7. The number of esters is 1. The fraction of sp³-hybridized carbons (Fsp3) is 0.553. The van der Waals surface area contributed by atoms with E-state index < -0.39 is 59.8 Å². The second-order valence-electron chi connectivity index (χ2n) is 13.8. The van der Waals surface area contributed by atoms with Crippen molar-refractivity contribution < 1.29 is 56.2 Å². The Hall–Kier alpha value is -3.50. The van der Waals surface area contributed by atoms with E-state index in [-0.39, 0.29) is 19.6 Å². The molecular weight excluding hydrogens is 789 g/mol. The summed E-state index contributed by atoms with van der Waals surface area (Å²) in [7, 11) is -5.09. The van der Waals surface area contributed by atoms with Crippen LogP contribution in [0.15, 0.2) is 122 Å². The van der Waals surface area contributed by atoms with Crippen LogP contribution in [-0.4, -0.2) is 97.5 Å². The first-order chi connectivity index (χ1) is 29.1. The molecule has 1 heterocycles. The number of ether oxygens (including phenoxy) is 4. The van der Waals surface area contributed by atoms with Crippen LogP contribution in [0.3, 0.4) is 0 Å². The molecular formula is C47H72O12S. The number of allylic oxidation sites excluding steroid dienone is 20. The molecule has 4 N–H and O–H groups in total. The monoisotopic (exact) mass is 860 g/mol. The van der Waals surface area contributed by atoms with Gasteiger partial charge >= 0.3 is 16.4 Å². The molecule has 60 heavy (non-hydrogen) atoms. The van der Waals surface area contributed by atoms with E-state index in [1.807, 2.05) is 12.2 Å². The van der Waals surface area contributed by atoms with Gasteiger partial charge in [-0.3, -0.25) is 9.35 Å². The largest absolute Gasteiger partial charge is 0.457 e. The zero-order valence-corrected chi connectivity index (χ0v) is 36.5. The molecule has 12 nitrogen and oxygen atoms in total. The topological polar surface area (TPSA) is 178 Å². The molecule has 1 rings (SSSR count). The predicted octanol–water partition coefficient (Wildman–Crippen LogP) is 8.62. The van der Waals surface area contributed by atoms with E-state index in [0.29, 0.717) is 19.4 Å². The highest BCUT2D eigenvalue weighted by Gasteiger charge is 2.48. The van der Waals surface area contributed by atoms with Crippen LogP contribution in [0.1, 0.15) is 104 Å². The Kier molecular flexibility index (Phi) is 33.9. The predicted molar refractivity (Wildman–Crippen MR) is 238 cm³/mol. The lowest BCUT2D eigenvalue weighted by Crippen LogP contribution is -2.60. The minimum atomic E-state index is -5.09. The summed E-state index contributed by atoms with van der Waals surface area (Å²) in [6, 6.07) is 0. The molecule has 6 atom stereocenters. The lowest BCUT2D eigenvalue weighted by Gasteiger charge is -2.41. The van der Waals surface area contributed by atoms with Crippen molar-refractivity contribution in [1.29, 1.82) is 0 Å². The van der Waals surface area contributed by atoms with Gasteiger partial charge in [0.25, 0.3) is 0 Å². The Balaban J connectivity index is 2.57. The lowest BCUT2D eigenvalue weighted by molar-refractivity contribution is -0.301. The summed E-state index contributed by atoms with van der Waals surface area (Å²) in [5.74, 6) is -0.507. The summed E-state index contributed by atoms with van der Waals surface area (Å²) in [4.78, 5) is 12.8. The average Bonchev–Trinajstić information content (AvgIpc) is 3.22. The first kappa shape index (κ1) is 54.5. The Morgan fingerprint density at radius 2 is 1.07 bits per heavy atom. The van der Waals surface area contributed by atoms with E-state index >= 15 is 0 Å². The quantitative estimate of drug-likeness (QED) is 0.0210. The van der Waals surface area contributed by atoms with E-state index in [0.717, 1.165) is 70.6 Å². The lowest BCUT2D eigenvalue weighted by atomic mass is 9.99. The van der Waals surface area contributed by atoms with E-state index in [9.17, 15) is 28.5 Å². The molecule has 0 bridgehead atoms. The zero-order valence-electron chi connectivity index (χ0n) is 35.7. The first-order valence-electron chi connectivity index (χ1n) is 21.3. The molecule has 0 aromatic heterocycles. The number of carbonyl (C=O) groups is 1. The third kappa shape index (κ3) is 30.5. The zero-order chi connectivity index (χ0) is 43.9. The molecule has 0 aromatic rings. The molecule has 13 heteroatoms. The second kappa shape index (κ2) is 37.3. The molecule has 0 spiro atoms. The number of hydrogen-bond donors (Lipinski definition) is 4. The fourth-order valence-corrected chi connectivity index (χ4v) is 5.97. The smallest absolute Gasteiger partial charge is 0.397 e. The highest BCUT2D eigenvalue weighted by Crippen LogP contribution is 2.26. The Labute approximate surface area is 360 Å². The highest BCUT2D eigenvalue weighted by atomic mass is 32.3. The normalized spacial score (nSPS) is 21.5. The van der Waals surface area contributed by atoms with E-state index in [1.165, 1.54) is 0 Å². The molecule has 1 aliphatic heterocycles. The van der Waals surface area contributed by atoms with Crippen molar-refractivity contribution in [2.45, 2.75) is 141 Å². The van der Waals surface area contributed by atoms with Crippen LogP contribution in [0.4, 0.5) is 0 Å². The maximum atomic E-state index is 12.8. The molecule has 0 saturated carbocycles. The van der Waals surface area contributed by atoms with Crippen LogP contribution in [0.25, 0.3) is 0 Å². The van der Waals surface area contributed by atoms with Gasteiger partial charge < -0.3 is 34.3 Å². The number of carbonyl (C=O) groups excluding carboxylic acids is 1. The summed E-state index contributed by atoms with van der Waals surface area (Å²) in [5, 5.41) is 30.6. The van der Waals surface area contributed by atoms with Crippen LogP contribution >= 0.6 is 0 Å². The molecule has 0 aliphatic carbocycles. The van der Waals surface area contributed by atoms with Crippen molar-refractivity contribution in [1.82, 2.24) is 0 Å². The Bertz CT molecular complexity index is 1510. The number of aliphatic hydroxyl groups is 3. The molecule has 1 fully saturated rings. The van der Waals surface area contributed by atoms with Crippen LogP contribution in [0.5, 0.6) is 0 Å². The van der Waals surface area contributed by atoms with Crippen molar-refractivity contribution in [3.05, 3.63) is 122 Å². The average molecular weight is 861 g/mol. The summed E-state index contributed by atoms with van der Waals surface area (Å²) in [5.41, 5.74) is 0. The minimum Gasteiger partial charge on any atom is -0.457 e. The van der Waals surface area contributed by atoms with Gasteiger partial charge in [-0.2, -0.15) is 8.42 Å². The fourth-order valence-electron chi connectivity index (χ4n) is 5.46. The van der Waals surface area contributed by atoms with Gasteiger partial charge in [-0.15, -0.1) is 0 Å². The molecule has 0 radical (unpaired) electrons. The van der Waals surface area contributed by atoms with Gasteiger partial charge in [0.05, 0.1) is 19.8 Å². The van der Waals surface area contributed by atoms with Crippen LogP contribution in [0, 0.1) is 0 Å². The van der Waals surface area contributed by atoms with Gasteiger partial charge in [-0.25, -0.2) is 4.18 Å². The van der Waals surface area contributed by atoms with E-state index in [4.69, 9.17) is 23.5 Å². The summed E-state index contributed by atoms with van der Waals surface area (Å²) < 4.78 is 58.8. The maximum absolute atomic E-state index is 12.8. The molecule has 0 amide bonds. The number of aliphatic hydroxyl groups excluding tert-OH is 3. The van der Waals surface area contributed by atoms with Crippen molar-refractivity contribution in [3.8, 4) is 0 Å².